The third-order valence-corrected chi connectivity index (χ3v) is 5.05. The number of para-hydroxylation sites is 1. The minimum atomic E-state index is -0.450. The molecule has 5 heteroatoms. The van der Waals surface area contributed by atoms with Gasteiger partial charge >= 0.3 is 11.8 Å². The van der Waals surface area contributed by atoms with E-state index >= 15 is 0 Å². The lowest BCUT2D eigenvalue weighted by Crippen LogP contribution is -2.53. The largest absolute Gasteiger partial charge is 0.368 e. The molecule has 3 rings (SSSR count). The summed E-state index contributed by atoms with van der Waals surface area (Å²) in [6.45, 7) is 4.54. The van der Waals surface area contributed by atoms with Gasteiger partial charge in [-0.1, -0.05) is 48.5 Å². The lowest BCUT2D eigenvalue weighted by molar-refractivity contribution is -0.152. The van der Waals surface area contributed by atoms with Crippen LogP contribution in [-0.2, 0) is 9.59 Å². The first-order valence-electron chi connectivity index (χ1n) is 8.99. The maximum atomic E-state index is 12.6. The molecular weight excluding hydrogens is 326 g/mol. The minimum Gasteiger partial charge on any atom is -0.368 e. The van der Waals surface area contributed by atoms with E-state index in [4.69, 9.17) is 0 Å². The zero-order valence-electron chi connectivity index (χ0n) is 15.3. The number of hydrogen-bond donors (Lipinski definition) is 0. The Bertz CT molecular complexity index is 740. The fraction of sp³-hybridized carbons (Fsp3) is 0.333. The van der Waals surface area contributed by atoms with E-state index in [1.54, 1.807) is 11.9 Å². The predicted octanol–water partition coefficient (Wildman–Crippen LogP) is 2.55. The molecule has 1 atom stereocenters. The molecular formula is C21H25N3O2. The van der Waals surface area contributed by atoms with Gasteiger partial charge in [0.15, 0.2) is 0 Å². The fourth-order valence-electron chi connectivity index (χ4n) is 3.22. The number of anilines is 1. The van der Waals surface area contributed by atoms with E-state index in [-0.39, 0.29) is 6.04 Å². The normalized spacial score (nSPS) is 15.5. The Morgan fingerprint density at radius 1 is 0.885 bits per heavy atom. The lowest BCUT2D eigenvalue weighted by atomic mass is 10.1. The van der Waals surface area contributed by atoms with E-state index in [2.05, 4.69) is 17.0 Å². The summed E-state index contributed by atoms with van der Waals surface area (Å²) in [5.41, 5.74) is 2.17. The van der Waals surface area contributed by atoms with Gasteiger partial charge in [-0.15, -0.1) is 0 Å². The highest BCUT2D eigenvalue weighted by Crippen LogP contribution is 2.20. The third kappa shape index (κ3) is 3.87. The van der Waals surface area contributed by atoms with Crippen molar-refractivity contribution in [3.63, 3.8) is 0 Å². The molecule has 0 bridgehead atoms. The maximum Gasteiger partial charge on any atom is 0.312 e. The van der Waals surface area contributed by atoms with Crippen LogP contribution in [0.15, 0.2) is 60.7 Å². The third-order valence-electron chi connectivity index (χ3n) is 5.05. The second kappa shape index (κ2) is 8.04. The number of amides is 2. The van der Waals surface area contributed by atoms with Crippen LogP contribution in [0.1, 0.15) is 18.5 Å². The number of benzene rings is 2. The van der Waals surface area contributed by atoms with Gasteiger partial charge in [0, 0.05) is 38.9 Å². The van der Waals surface area contributed by atoms with E-state index in [1.165, 1.54) is 4.90 Å². The molecule has 0 aliphatic carbocycles. The quantitative estimate of drug-likeness (QED) is 0.799. The summed E-state index contributed by atoms with van der Waals surface area (Å²) >= 11 is 0. The van der Waals surface area contributed by atoms with Gasteiger partial charge in [0.1, 0.15) is 0 Å². The van der Waals surface area contributed by atoms with Crippen molar-refractivity contribution < 1.29 is 9.59 Å². The highest BCUT2D eigenvalue weighted by molar-refractivity contribution is 6.34. The average Bonchev–Trinajstić information content (AvgIpc) is 2.73. The molecule has 1 aliphatic heterocycles. The number of hydrogen-bond acceptors (Lipinski definition) is 3. The number of nitrogens with zero attached hydrogens (tertiary/aromatic N) is 3. The van der Waals surface area contributed by atoms with Crippen molar-refractivity contribution in [3.05, 3.63) is 66.2 Å². The second-order valence-electron chi connectivity index (χ2n) is 6.62. The Balaban J connectivity index is 1.58. The van der Waals surface area contributed by atoms with Crippen molar-refractivity contribution in [2.45, 2.75) is 13.0 Å². The maximum absolute atomic E-state index is 12.6. The Morgan fingerprint density at radius 2 is 1.42 bits per heavy atom. The van der Waals surface area contributed by atoms with Gasteiger partial charge in [0.25, 0.3) is 0 Å². The van der Waals surface area contributed by atoms with Gasteiger partial charge in [0.2, 0.25) is 0 Å². The van der Waals surface area contributed by atoms with E-state index in [1.807, 2.05) is 55.5 Å². The predicted molar refractivity (Wildman–Crippen MR) is 103 cm³/mol. The molecule has 0 unspecified atom stereocenters. The van der Waals surface area contributed by atoms with Crippen LogP contribution in [0.4, 0.5) is 5.69 Å². The summed E-state index contributed by atoms with van der Waals surface area (Å²) in [5, 5.41) is 0. The van der Waals surface area contributed by atoms with Crippen LogP contribution in [-0.4, -0.2) is 54.8 Å². The molecule has 0 aromatic heterocycles. The van der Waals surface area contributed by atoms with Crippen molar-refractivity contribution in [1.29, 1.82) is 0 Å². The van der Waals surface area contributed by atoms with Crippen LogP contribution in [0.3, 0.4) is 0 Å². The highest BCUT2D eigenvalue weighted by Gasteiger charge is 2.30. The first kappa shape index (κ1) is 18.0. The summed E-state index contributed by atoms with van der Waals surface area (Å²) < 4.78 is 0. The Hall–Kier alpha value is -2.82. The van der Waals surface area contributed by atoms with E-state index < -0.39 is 11.8 Å². The van der Waals surface area contributed by atoms with E-state index in [0.29, 0.717) is 13.1 Å². The van der Waals surface area contributed by atoms with E-state index in [0.717, 1.165) is 24.3 Å². The van der Waals surface area contributed by atoms with Crippen LogP contribution < -0.4 is 4.90 Å². The molecule has 2 aromatic rings. The monoisotopic (exact) mass is 351 g/mol. The van der Waals surface area contributed by atoms with Crippen LogP contribution in [0.5, 0.6) is 0 Å². The molecule has 0 saturated carbocycles. The number of rotatable bonds is 3. The second-order valence-corrected chi connectivity index (χ2v) is 6.62. The van der Waals surface area contributed by atoms with Crippen LogP contribution in [0.25, 0.3) is 0 Å². The summed E-state index contributed by atoms with van der Waals surface area (Å²) in [5.74, 6) is -0.863. The molecule has 1 fully saturated rings. The molecule has 0 spiro atoms. The first-order chi connectivity index (χ1) is 12.6. The molecule has 0 radical (unpaired) electrons. The summed E-state index contributed by atoms with van der Waals surface area (Å²) in [6, 6.07) is 19.8. The van der Waals surface area contributed by atoms with Gasteiger partial charge in [0.05, 0.1) is 6.04 Å². The van der Waals surface area contributed by atoms with Gasteiger partial charge in [-0.05, 0) is 24.6 Å². The number of carbonyl (C=O) groups excluding carboxylic acids is 2. The zero-order chi connectivity index (χ0) is 18.5. The van der Waals surface area contributed by atoms with Crippen molar-refractivity contribution in [2.24, 2.45) is 0 Å². The Morgan fingerprint density at radius 3 is 2.00 bits per heavy atom. The summed E-state index contributed by atoms with van der Waals surface area (Å²) in [6.07, 6.45) is 0. The van der Waals surface area contributed by atoms with Gasteiger partial charge in [-0.2, -0.15) is 0 Å². The molecule has 2 aromatic carbocycles. The van der Waals surface area contributed by atoms with Gasteiger partial charge in [-0.25, -0.2) is 0 Å². The molecule has 1 saturated heterocycles. The van der Waals surface area contributed by atoms with Gasteiger partial charge in [-0.3, -0.25) is 9.59 Å². The highest BCUT2D eigenvalue weighted by atomic mass is 16.2. The standard InChI is InChI=1S/C21H25N3O2/c1-17(18-9-5-3-6-10-18)22(2)20(25)21(26)24-15-13-23(14-16-24)19-11-7-4-8-12-19/h3-12,17H,13-16H2,1-2H3/t17-/m1/s1. The minimum absolute atomic E-state index is 0.141. The van der Waals surface area contributed by atoms with Crippen molar-refractivity contribution in [3.8, 4) is 0 Å². The average molecular weight is 351 g/mol. The SMILES string of the molecule is C[C@H](c1ccccc1)N(C)C(=O)C(=O)N1CCN(c2ccccc2)CC1. The molecule has 2 amide bonds. The Labute approximate surface area is 154 Å². The zero-order valence-corrected chi connectivity index (χ0v) is 15.3. The molecule has 1 aliphatic rings. The van der Waals surface area contributed by atoms with Crippen molar-refractivity contribution in [2.75, 3.05) is 38.1 Å². The van der Waals surface area contributed by atoms with Crippen molar-refractivity contribution in [1.82, 2.24) is 9.80 Å². The summed E-state index contributed by atoms with van der Waals surface area (Å²) in [7, 11) is 1.69. The topological polar surface area (TPSA) is 43.9 Å². The fourth-order valence-corrected chi connectivity index (χ4v) is 3.22. The summed E-state index contributed by atoms with van der Waals surface area (Å²) in [4.78, 5) is 30.7. The molecule has 0 N–H and O–H groups in total. The smallest absolute Gasteiger partial charge is 0.312 e. The van der Waals surface area contributed by atoms with Crippen molar-refractivity contribution >= 4 is 17.5 Å². The van der Waals surface area contributed by atoms with E-state index in [9.17, 15) is 9.59 Å². The molecule has 26 heavy (non-hydrogen) atoms. The first-order valence-corrected chi connectivity index (χ1v) is 8.99. The number of piperazine rings is 1. The van der Waals surface area contributed by atoms with Gasteiger partial charge < -0.3 is 14.7 Å². The van der Waals surface area contributed by atoms with Crippen LogP contribution in [0.2, 0.25) is 0 Å². The Kier molecular flexibility index (Phi) is 5.56. The molecule has 136 valence electrons. The van der Waals surface area contributed by atoms with Crippen LogP contribution >= 0.6 is 0 Å². The molecule has 5 nitrogen and oxygen atoms in total. The molecule has 1 heterocycles. The lowest BCUT2D eigenvalue weighted by Gasteiger charge is -2.36. The number of likely N-dealkylation sites (N-methyl/N-ethyl adjacent to an activating group) is 1. The number of carbonyl (C=O) groups is 2. The van der Waals surface area contributed by atoms with Crippen LogP contribution in [0, 0.1) is 0 Å².